The van der Waals surface area contributed by atoms with Crippen LogP contribution in [0.15, 0.2) is 6.07 Å². The first-order valence-corrected chi connectivity index (χ1v) is 9.37. The number of fused-ring (bicyclic) bond motifs is 1. The summed E-state index contributed by atoms with van der Waals surface area (Å²) in [6.45, 7) is 10.4. The molecular formula is C17H25N5O2S. The highest BCUT2D eigenvalue weighted by Gasteiger charge is 2.27. The SMILES string of the molecule is CCc1cc2c(N3CCN(C(=O)OC(C)(C)C)CC3)nc(N)nc2s1. The fourth-order valence-electron chi connectivity index (χ4n) is 2.81. The van der Waals surface area contributed by atoms with E-state index in [1.807, 2.05) is 20.8 Å². The van der Waals surface area contributed by atoms with Gasteiger partial charge in [-0.15, -0.1) is 11.3 Å². The Bertz CT molecular complexity index is 775. The zero-order valence-corrected chi connectivity index (χ0v) is 16.0. The molecule has 3 heterocycles. The van der Waals surface area contributed by atoms with Crippen molar-refractivity contribution >= 4 is 39.4 Å². The monoisotopic (exact) mass is 363 g/mol. The van der Waals surface area contributed by atoms with Crippen LogP contribution in [0.2, 0.25) is 0 Å². The Morgan fingerprint density at radius 1 is 1.28 bits per heavy atom. The van der Waals surface area contributed by atoms with E-state index < -0.39 is 5.60 Å². The molecule has 1 fully saturated rings. The molecule has 2 aromatic heterocycles. The summed E-state index contributed by atoms with van der Waals surface area (Å²) in [7, 11) is 0. The molecule has 0 aromatic carbocycles. The quantitative estimate of drug-likeness (QED) is 0.883. The molecule has 8 heteroatoms. The van der Waals surface area contributed by atoms with Gasteiger partial charge in [-0.25, -0.2) is 9.78 Å². The maximum Gasteiger partial charge on any atom is 0.410 e. The maximum atomic E-state index is 12.2. The topological polar surface area (TPSA) is 84.6 Å². The highest BCUT2D eigenvalue weighted by atomic mass is 32.1. The van der Waals surface area contributed by atoms with Gasteiger partial charge in [-0.2, -0.15) is 4.98 Å². The van der Waals surface area contributed by atoms with E-state index >= 15 is 0 Å². The average molecular weight is 363 g/mol. The number of hydrogen-bond acceptors (Lipinski definition) is 7. The van der Waals surface area contributed by atoms with E-state index in [-0.39, 0.29) is 6.09 Å². The summed E-state index contributed by atoms with van der Waals surface area (Å²) in [5.41, 5.74) is 5.42. The van der Waals surface area contributed by atoms with Crippen molar-refractivity contribution in [3.05, 3.63) is 10.9 Å². The number of ether oxygens (including phenoxy) is 1. The second kappa shape index (κ2) is 6.67. The lowest BCUT2D eigenvalue weighted by molar-refractivity contribution is 0.0240. The highest BCUT2D eigenvalue weighted by molar-refractivity contribution is 7.18. The summed E-state index contributed by atoms with van der Waals surface area (Å²) in [6, 6.07) is 2.15. The molecule has 7 nitrogen and oxygen atoms in total. The second-order valence-electron chi connectivity index (χ2n) is 7.14. The van der Waals surface area contributed by atoms with Crippen molar-refractivity contribution < 1.29 is 9.53 Å². The Kier molecular flexibility index (Phi) is 4.73. The van der Waals surface area contributed by atoms with Gasteiger partial charge >= 0.3 is 6.09 Å². The van der Waals surface area contributed by atoms with Crippen LogP contribution in [-0.2, 0) is 11.2 Å². The van der Waals surface area contributed by atoms with Crippen molar-refractivity contribution in [3.63, 3.8) is 0 Å². The molecule has 136 valence electrons. The van der Waals surface area contributed by atoms with E-state index in [4.69, 9.17) is 10.5 Å². The summed E-state index contributed by atoms with van der Waals surface area (Å²) in [6.07, 6.45) is 0.704. The van der Waals surface area contributed by atoms with Crippen LogP contribution in [0.25, 0.3) is 10.2 Å². The average Bonchev–Trinajstić information content (AvgIpc) is 2.95. The predicted molar refractivity (Wildman–Crippen MR) is 101 cm³/mol. The minimum atomic E-state index is -0.477. The normalized spacial score (nSPS) is 15.7. The van der Waals surface area contributed by atoms with Crippen LogP contribution in [0.5, 0.6) is 0 Å². The lowest BCUT2D eigenvalue weighted by Crippen LogP contribution is -2.50. The zero-order valence-electron chi connectivity index (χ0n) is 15.2. The molecule has 2 aromatic rings. The number of carbonyl (C=O) groups is 1. The van der Waals surface area contributed by atoms with E-state index in [1.165, 1.54) is 4.88 Å². The van der Waals surface area contributed by atoms with Gasteiger partial charge in [0.25, 0.3) is 0 Å². The van der Waals surface area contributed by atoms with E-state index in [2.05, 4.69) is 27.9 Å². The molecule has 25 heavy (non-hydrogen) atoms. The fraction of sp³-hybridized carbons (Fsp3) is 0.588. The molecule has 1 aliphatic rings. The first kappa shape index (κ1) is 17.7. The Labute approximate surface area is 151 Å². The van der Waals surface area contributed by atoms with Gasteiger partial charge in [-0.05, 0) is 33.3 Å². The Morgan fingerprint density at radius 2 is 1.96 bits per heavy atom. The molecular weight excluding hydrogens is 338 g/mol. The number of anilines is 2. The molecule has 1 aliphatic heterocycles. The Hall–Kier alpha value is -2.09. The van der Waals surface area contributed by atoms with Crippen molar-refractivity contribution in [3.8, 4) is 0 Å². The van der Waals surface area contributed by atoms with Crippen LogP contribution in [0, 0.1) is 0 Å². The number of nitrogens with two attached hydrogens (primary N) is 1. The standard InChI is InChI=1S/C17H25N5O2S/c1-5-11-10-12-13(19-15(18)20-14(12)25-11)21-6-8-22(9-7-21)16(23)24-17(2,3)4/h10H,5-9H2,1-4H3,(H2,18,19,20). The number of hydrogen-bond donors (Lipinski definition) is 1. The predicted octanol–water partition coefficient (Wildman–Crippen LogP) is 2.89. The smallest absolute Gasteiger partial charge is 0.410 e. The van der Waals surface area contributed by atoms with Crippen LogP contribution in [0.1, 0.15) is 32.6 Å². The molecule has 0 saturated carbocycles. The molecule has 3 rings (SSSR count). The number of aryl methyl sites for hydroxylation is 1. The van der Waals surface area contributed by atoms with Gasteiger partial charge in [0.05, 0.1) is 5.39 Å². The second-order valence-corrected chi connectivity index (χ2v) is 8.26. The van der Waals surface area contributed by atoms with Crippen molar-refractivity contribution in [2.24, 2.45) is 0 Å². The highest BCUT2D eigenvalue weighted by Crippen LogP contribution is 2.32. The van der Waals surface area contributed by atoms with Gasteiger partial charge in [-0.3, -0.25) is 0 Å². The van der Waals surface area contributed by atoms with Gasteiger partial charge in [0, 0.05) is 31.1 Å². The maximum absolute atomic E-state index is 12.2. The van der Waals surface area contributed by atoms with Gasteiger partial charge in [0.1, 0.15) is 16.2 Å². The number of nitrogen functional groups attached to an aromatic ring is 1. The van der Waals surface area contributed by atoms with Crippen LogP contribution in [0.4, 0.5) is 16.6 Å². The minimum Gasteiger partial charge on any atom is -0.444 e. The molecule has 1 saturated heterocycles. The third-order valence-corrected chi connectivity index (χ3v) is 5.19. The lowest BCUT2D eigenvalue weighted by Gasteiger charge is -2.36. The molecule has 0 unspecified atom stereocenters. The van der Waals surface area contributed by atoms with Crippen molar-refractivity contribution in [1.82, 2.24) is 14.9 Å². The number of piperazine rings is 1. The molecule has 2 N–H and O–H groups in total. The molecule has 0 spiro atoms. The zero-order chi connectivity index (χ0) is 18.2. The largest absolute Gasteiger partial charge is 0.444 e. The van der Waals surface area contributed by atoms with E-state index in [0.29, 0.717) is 32.1 Å². The number of nitrogens with zero attached hydrogens (tertiary/aromatic N) is 4. The third-order valence-electron chi connectivity index (χ3n) is 4.02. The van der Waals surface area contributed by atoms with Crippen molar-refractivity contribution in [2.75, 3.05) is 36.8 Å². The van der Waals surface area contributed by atoms with Crippen LogP contribution >= 0.6 is 11.3 Å². The van der Waals surface area contributed by atoms with E-state index in [9.17, 15) is 4.79 Å². The first-order valence-electron chi connectivity index (χ1n) is 8.55. The van der Waals surface area contributed by atoms with Crippen LogP contribution < -0.4 is 10.6 Å². The van der Waals surface area contributed by atoms with E-state index in [1.54, 1.807) is 16.2 Å². The molecule has 0 atom stereocenters. The summed E-state index contributed by atoms with van der Waals surface area (Å²) in [4.78, 5) is 27.1. The van der Waals surface area contributed by atoms with Crippen LogP contribution in [-0.4, -0.2) is 52.7 Å². The summed E-state index contributed by atoms with van der Waals surface area (Å²) in [5.74, 6) is 1.16. The van der Waals surface area contributed by atoms with E-state index in [0.717, 1.165) is 22.5 Å². The summed E-state index contributed by atoms with van der Waals surface area (Å²) in [5, 5.41) is 1.04. The fourth-order valence-corrected chi connectivity index (χ4v) is 3.78. The number of thiophene rings is 1. The van der Waals surface area contributed by atoms with Crippen molar-refractivity contribution in [2.45, 2.75) is 39.7 Å². The molecule has 0 aliphatic carbocycles. The van der Waals surface area contributed by atoms with Crippen molar-refractivity contribution in [1.29, 1.82) is 0 Å². The van der Waals surface area contributed by atoms with Gasteiger partial charge in [0.2, 0.25) is 5.95 Å². The van der Waals surface area contributed by atoms with Gasteiger partial charge in [0.15, 0.2) is 0 Å². The minimum absolute atomic E-state index is 0.261. The molecule has 0 bridgehead atoms. The number of aromatic nitrogens is 2. The number of carbonyl (C=O) groups excluding carboxylic acids is 1. The van der Waals surface area contributed by atoms with Gasteiger partial charge < -0.3 is 20.3 Å². The summed E-state index contributed by atoms with van der Waals surface area (Å²) >= 11 is 1.66. The Balaban J connectivity index is 1.76. The van der Waals surface area contributed by atoms with Gasteiger partial charge in [-0.1, -0.05) is 6.92 Å². The van der Waals surface area contributed by atoms with Crippen LogP contribution in [0.3, 0.4) is 0 Å². The number of rotatable bonds is 2. The molecule has 1 amide bonds. The number of amides is 1. The lowest BCUT2D eigenvalue weighted by atomic mass is 10.2. The summed E-state index contributed by atoms with van der Waals surface area (Å²) < 4.78 is 5.45. The third kappa shape index (κ3) is 3.95. The first-order chi connectivity index (χ1) is 11.8. The Morgan fingerprint density at radius 3 is 2.56 bits per heavy atom. The molecule has 0 radical (unpaired) electrons.